The zero-order valence-electron chi connectivity index (χ0n) is 11.4. The number of nitrogens with two attached hydrogens (primary N) is 1. The Hall–Kier alpha value is -1.33. The fourth-order valence-corrected chi connectivity index (χ4v) is 2.47. The van der Waals surface area contributed by atoms with Crippen LogP contribution in [0.4, 0.5) is 0 Å². The van der Waals surface area contributed by atoms with Crippen molar-refractivity contribution in [1.29, 1.82) is 0 Å². The van der Waals surface area contributed by atoms with Gasteiger partial charge in [0.15, 0.2) is 0 Å². The molecule has 0 saturated heterocycles. The smallest absolute Gasteiger partial charge is 0.144 e. The molecule has 1 aromatic carbocycles. The molecule has 1 aromatic heterocycles. The van der Waals surface area contributed by atoms with Gasteiger partial charge in [-0.25, -0.2) is 4.98 Å². The van der Waals surface area contributed by atoms with E-state index < -0.39 is 0 Å². The first-order chi connectivity index (χ1) is 9.12. The third-order valence-corrected chi connectivity index (χ3v) is 4.19. The van der Waals surface area contributed by atoms with Gasteiger partial charge in [0.05, 0.1) is 18.4 Å². The molecule has 0 spiro atoms. The number of nitrogens with zero attached hydrogens (tertiary/aromatic N) is 2. The minimum Gasteiger partial charge on any atom is -0.496 e. The molecule has 0 atom stereocenters. The van der Waals surface area contributed by atoms with Crippen LogP contribution >= 0.6 is 15.9 Å². The quantitative estimate of drug-likeness (QED) is 0.941. The molecule has 19 heavy (non-hydrogen) atoms. The fourth-order valence-electron chi connectivity index (χ4n) is 2.06. The first-order valence-corrected chi connectivity index (χ1v) is 7.00. The molecule has 2 aromatic rings. The van der Waals surface area contributed by atoms with Crippen LogP contribution < -0.4 is 10.5 Å². The van der Waals surface area contributed by atoms with E-state index in [1.165, 1.54) is 5.56 Å². The Morgan fingerprint density at radius 2 is 2.16 bits per heavy atom. The van der Waals surface area contributed by atoms with Gasteiger partial charge in [0.2, 0.25) is 0 Å². The first kappa shape index (κ1) is 14.1. The average molecular weight is 324 g/mol. The van der Waals surface area contributed by atoms with E-state index in [1.807, 2.05) is 17.7 Å². The van der Waals surface area contributed by atoms with Crippen molar-refractivity contribution in [1.82, 2.24) is 9.55 Å². The lowest BCUT2D eigenvalue weighted by molar-refractivity contribution is 0.416. The van der Waals surface area contributed by atoms with E-state index in [1.54, 1.807) is 7.11 Å². The van der Waals surface area contributed by atoms with Crippen molar-refractivity contribution in [2.75, 3.05) is 7.11 Å². The molecule has 0 aliphatic carbocycles. The van der Waals surface area contributed by atoms with Crippen LogP contribution in [0.3, 0.4) is 0 Å². The van der Waals surface area contributed by atoms with Gasteiger partial charge in [0.25, 0.3) is 0 Å². The van der Waals surface area contributed by atoms with Gasteiger partial charge in [-0.15, -0.1) is 0 Å². The Kier molecular flexibility index (Phi) is 4.27. The van der Waals surface area contributed by atoms with Crippen molar-refractivity contribution >= 4 is 15.9 Å². The Bertz CT molecular complexity index is 593. The van der Waals surface area contributed by atoms with Crippen LogP contribution in [0, 0.1) is 0 Å². The summed E-state index contributed by atoms with van der Waals surface area (Å²) in [4.78, 5) is 4.59. The monoisotopic (exact) mass is 323 g/mol. The molecule has 0 fully saturated rings. The number of methoxy groups -OCH3 is 1. The molecule has 2 rings (SSSR count). The van der Waals surface area contributed by atoms with Gasteiger partial charge in [-0.05, 0) is 40.0 Å². The molecular formula is C14H18BrN3O. The largest absolute Gasteiger partial charge is 0.496 e. The van der Waals surface area contributed by atoms with E-state index in [0.717, 1.165) is 33.9 Å². The molecule has 0 unspecified atom stereocenters. The van der Waals surface area contributed by atoms with Crippen LogP contribution in [0.2, 0.25) is 0 Å². The number of ether oxygens (including phenoxy) is 1. The minimum atomic E-state index is 0.407. The minimum absolute atomic E-state index is 0.407. The maximum atomic E-state index is 5.70. The van der Waals surface area contributed by atoms with Gasteiger partial charge in [0.1, 0.15) is 16.2 Å². The standard InChI is InChI=1S/C14H18BrN3O/c1-4-9-5-6-12(19-3)10(7-9)14-17-11(8-16)13(15)18(14)2/h5-7H,4,8,16H2,1-3H3. The molecule has 0 amide bonds. The molecule has 0 aliphatic heterocycles. The Balaban J connectivity index is 2.63. The van der Waals surface area contributed by atoms with Gasteiger partial charge in [-0.3, -0.25) is 0 Å². The fraction of sp³-hybridized carbons (Fsp3) is 0.357. The van der Waals surface area contributed by atoms with Crippen LogP contribution in [0.25, 0.3) is 11.4 Å². The van der Waals surface area contributed by atoms with Gasteiger partial charge >= 0.3 is 0 Å². The molecule has 1 heterocycles. The van der Waals surface area contributed by atoms with E-state index in [9.17, 15) is 0 Å². The summed E-state index contributed by atoms with van der Waals surface area (Å²) in [5.41, 5.74) is 8.79. The summed E-state index contributed by atoms with van der Waals surface area (Å²) in [5, 5.41) is 0. The van der Waals surface area contributed by atoms with E-state index in [-0.39, 0.29) is 0 Å². The average Bonchev–Trinajstić information content (AvgIpc) is 2.74. The Labute approximate surface area is 121 Å². The molecule has 4 nitrogen and oxygen atoms in total. The summed E-state index contributed by atoms with van der Waals surface area (Å²) in [7, 11) is 3.63. The summed E-state index contributed by atoms with van der Waals surface area (Å²) < 4.78 is 8.33. The second-order valence-electron chi connectivity index (χ2n) is 4.32. The first-order valence-electron chi connectivity index (χ1n) is 6.20. The van der Waals surface area contributed by atoms with Crippen LogP contribution in [-0.2, 0) is 20.0 Å². The van der Waals surface area contributed by atoms with E-state index in [0.29, 0.717) is 6.54 Å². The number of rotatable bonds is 4. The van der Waals surface area contributed by atoms with Crippen LogP contribution in [0.1, 0.15) is 18.2 Å². The summed E-state index contributed by atoms with van der Waals surface area (Å²) in [5.74, 6) is 1.68. The van der Waals surface area contributed by atoms with Gasteiger partial charge < -0.3 is 15.0 Å². The number of aryl methyl sites for hydroxylation is 1. The number of imidazole rings is 1. The summed E-state index contributed by atoms with van der Waals surface area (Å²) in [6.07, 6.45) is 0.979. The lowest BCUT2D eigenvalue weighted by Crippen LogP contribution is -1.97. The number of hydrogen-bond acceptors (Lipinski definition) is 3. The van der Waals surface area contributed by atoms with E-state index in [2.05, 4.69) is 40.0 Å². The highest BCUT2D eigenvalue weighted by molar-refractivity contribution is 9.10. The van der Waals surface area contributed by atoms with E-state index >= 15 is 0 Å². The number of halogens is 1. The van der Waals surface area contributed by atoms with Gasteiger partial charge in [-0.2, -0.15) is 0 Å². The lowest BCUT2D eigenvalue weighted by atomic mass is 10.1. The van der Waals surface area contributed by atoms with Crippen molar-refractivity contribution < 1.29 is 4.74 Å². The lowest BCUT2D eigenvalue weighted by Gasteiger charge is -2.10. The zero-order valence-corrected chi connectivity index (χ0v) is 13.0. The summed E-state index contributed by atoms with van der Waals surface area (Å²) in [6.45, 7) is 2.54. The normalized spacial score (nSPS) is 10.8. The molecule has 0 aliphatic rings. The predicted molar refractivity (Wildman–Crippen MR) is 80.2 cm³/mol. The van der Waals surface area contributed by atoms with Crippen molar-refractivity contribution in [2.45, 2.75) is 19.9 Å². The second-order valence-corrected chi connectivity index (χ2v) is 5.08. The number of hydrogen-bond donors (Lipinski definition) is 1. The molecule has 5 heteroatoms. The molecule has 0 saturated carbocycles. The third-order valence-electron chi connectivity index (χ3n) is 3.20. The van der Waals surface area contributed by atoms with Crippen molar-refractivity contribution in [3.8, 4) is 17.1 Å². The predicted octanol–water partition coefficient (Wildman–Crippen LogP) is 2.88. The summed E-state index contributed by atoms with van der Waals surface area (Å²) in [6, 6.07) is 6.18. The highest BCUT2D eigenvalue weighted by atomic mass is 79.9. The van der Waals surface area contributed by atoms with Gasteiger partial charge in [0, 0.05) is 13.6 Å². The van der Waals surface area contributed by atoms with Crippen molar-refractivity contribution in [3.63, 3.8) is 0 Å². The Morgan fingerprint density at radius 1 is 1.42 bits per heavy atom. The van der Waals surface area contributed by atoms with Crippen LogP contribution in [0.5, 0.6) is 5.75 Å². The molecule has 102 valence electrons. The van der Waals surface area contributed by atoms with Crippen molar-refractivity contribution in [2.24, 2.45) is 12.8 Å². The molecule has 0 bridgehead atoms. The molecular weight excluding hydrogens is 306 g/mol. The zero-order chi connectivity index (χ0) is 14.0. The van der Waals surface area contributed by atoms with Crippen LogP contribution in [-0.4, -0.2) is 16.7 Å². The maximum absolute atomic E-state index is 5.70. The van der Waals surface area contributed by atoms with Crippen LogP contribution in [0.15, 0.2) is 22.8 Å². The molecule has 2 N–H and O–H groups in total. The number of aromatic nitrogens is 2. The highest BCUT2D eigenvalue weighted by Gasteiger charge is 2.16. The maximum Gasteiger partial charge on any atom is 0.144 e. The second kappa shape index (κ2) is 5.75. The topological polar surface area (TPSA) is 53.1 Å². The van der Waals surface area contributed by atoms with Crippen molar-refractivity contribution in [3.05, 3.63) is 34.1 Å². The third kappa shape index (κ3) is 2.53. The molecule has 0 radical (unpaired) electrons. The van der Waals surface area contributed by atoms with Gasteiger partial charge in [-0.1, -0.05) is 13.0 Å². The highest BCUT2D eigenvalue weighted by Crippen LogP contribution is 2.32. The summed E-state index contributed by atoms with van der Waals surface area (Å²) >= 11 is 3.52. The SMILES string of the molecule is CCc1ccc(OC)c(-c2nc(CN)c(Br)n2C)c1. The van der Waals surface area contributed by atoms with E-state index in [4.69, 9.17) is 10.5 Å². The Morgan fingerprint density at radius 3 is 2.68 bits per heavy atom. The number of benzene rings is 1.